The third-order valence-electron chi connectivity index (χ3n) is 2.36. The normalized spacial score (nSPS) is 26.5. The highest BCUT2D eigenvalue weighted by Crippen LogP contribution is 2.16. The summed E-state index contributed by atoms with van der Waals surface area (Å²) in [6.45, 7) is 7.04. The van der Waals surface area contributed by atoms with Crippen LogP contribution >= 0.6 is 0 Å². The van der Waals surface area contributed by atoms with Gasteiger partial charge in [-0.2, -0.15) is 0 Å². The van der Waals surface area contributed by atoms with Crippen LogP contribution in [0.5, 0.6) is 0 Å². The van der Waals surface area contributed by atoms with E-state index in [1.54, 1.807) is 0 Å². The van der Waals surface area contributed by atoms with Crippen molar-refractivity contribution in [1.29, 1.82) is 0 Å². The van der Waals surface area contributed by atoms with Crippen LogP contribution in [0.25, 0.3) is 0 Å². The van der Waals surface area contributed by atoms with Gasteiger partial charge < -0.3 is 9.84 Å². The second kappa shape index (κ2) is 3.52. The Kier molecular flexibility index (Phi) is 2.87. The van der Waals surface area contributed by atoms with Crippen LogP contribution in [-0.4, -0.2) is 42.0 Å². The third-order valence-corrected chi connectivity index (χ3v) is 2.36. The number of hydrogen-bond donors (Lipinski definition) is 1. The third kappa shape index (κ3) is 2.15. The van der Waals surface area contributed by atoms with Crippen molar-refractivity contribution >= 4 is 0 Å². The molecule has 0 bridgehead atoms. The molecule has 1 unspecified atom stereocenters. The van der Waals surface area contributed by atoms with Gasteiger partial charge in [-0.1, -0.05) is 6.92 Å². The minimum atomic E-state index is -0.635. The fourth-order valence-electron chi connectivity index (χ4n) is 1.27. The van der Waals surface area contributed by atoms with Gasteiger partial charge in [-0.3, -0.25) is 4.90 Å². The molecule has 1 aliphatic rings. The SMILES string of the molecule is CCC(C)(O)N1CCOCC1. The van der Waals surface area contributed by atoms with Gasteiger partial charge in [-0.25, -0.2) is 0 Å². The van der Waals surface area contributed by atoms with Gasteiger partial charge in [0.1, 0.15) is 5.72 Å². The van der Waals surface area contributed by atoms with Crippen molar-refractivity contribution in [3.05, 3.63) is 0 Å². The fraction of sp³-hybridized carbons (Fsp3) is 1.00. The number of rotatable bonds is 2. The summed E-state index contributed by atoms with van der Waals surface area (Å²) >= 11 is 0. The van der Waals surface area contributed by atoms with Crippen molar-refractivity contribution in [3.63, 3.8) is 0 Å². The molecule has 1 fully saturated rings. The van der Waals surface area contributed by atoms with Crippen LogP contribution in [0.15, 0.2) is 0 Å². The summed E-state index contributed by atoms with van der Waals surface area (Å²) in [5.74, 6) is 0. The van der Waals surface area contributed by atoms with E-state index in [-0.39, 0.29) is 0 Å². The Labute approximate surface area is 68.0 Å². The van der Waals surface area contributed by atoms with Crippen molar-refractivity contribution in [2.75, 3.05) is 26.3 Å². The summed E-state index contributed by atoms with van der Waals surface area (Å²) in [6.07, 6.45) is 0.771. The number of hydrogen-bond acceptors (Lipinski definition) is 3. The van der Waals surface area contributed by atoms with Gasteiger partial charge in [0.15, 0.2) is 0 Å². The molecular weight excluding hydrogens is 142 g/mol. The lowest BCUT2D eigenvalue weighted by molar-refractivity contribution is -0.130. The summed E-state index contributed by atoms with van der Waals surface area (Å²) in [4.78, 5) is 2.07. The number of nitrogens with zero attached hydrogens (tertiary/aromatic N) is 1. The number of ether oxygens (including phenoxy) is 1. The van der Waals surface area contributed by atoms with Crippen molar-refractivity contribution in [2.24, 2.45) is 0 Å². The highest BCUT2D eigenvalue weighted by Gasteiger charge is 2.27. The molecule has 11 heavy (non-hydrogen) atoms. The van der Waals surface area contributed by atoms with Crippen LogP contribution < -0.4 is 0 Å². The lowest BCUT2D eigenvalue weighted by atomic mass is 10.1. The Hall–Kier alpha value is -0.120. The highest BCUT2D eigenvalue weighted by atomic mass is 16.5. The van der Waals surface area contributed by atoms with E-state index >= 15 is 0 Å². The molecule has 3 heteroatoms. The minimum absolute atomic E-state index is 0.635. The molecular formula is C8H17NO2. The first kappa shape index (κ1) is 8.97. The van der Waals surface area contributed by atoms with Crippen LogP contribution in [0.2, 0.25) is 0 Å². The van der Waals surface area contributed by atoms with Gasteiger partial charge in [0.2, 0.25) is 0 Å². The Bertz CT molecular complexity index is 119. The average Bonchev–Trinajstić information content (AvgIpc) is 2.06. The van der Waals surface area contributed by atoms with E-state index in [0.717, 1.165) is 32.7 Å². The molecule has 3 nitrogen and oxygen atoms in total. The molecule has 0 aromatic carbocycles. The predicted octanol–water partition coefficient (Wildman–Crippen LogP) is 0.437. The summed E-state index contributed by atoms with van der Waals surface area (Å²) in [6, 6.07) is 0. The van der Waals surface area contributed by atoms with Crippen LogP contribution in [0.3, 0.4) is 0 Å². The molecule has 1 N–H and O–H groups in total. The lowest BCUT2D eigenvalue weighted by Crippen LogP contribution is -2.51. The van der Waals surface area contributed by atoms with Gasteiger partial charge in [0, 0.05) is 13.1 Å². The zero-order chi connectivity index (χ0) is 8.32. The quantitative estimate of drug-likeness (QED) is 0.634. The highest BCUT2D eigenvalue weighted by molar-refractivity contribution is 4.74. The first-order chi connectivity index (χ1) is 5.17. The maximum absolute atomic E-state index is 9.82. The van der Waals surface area contributed by atoms with E-state index in [4.69, 9.17) is 4.74 Å². The zero-order valence-electron chi connectivity index (χ0n) is 7.34. The van der Waals surface area contributed by atoms with Crippen LogP contribution in [0.1, 0.15) is 20.3 Å². The summed E-state index contributed by atoms with van der Waals surface area (Å²) in [5.41, 5.74) is -0.635. The standard InChI is InChI=1S/C8H17NO2/c1-3-8(2,10)9-4-6-11-7-5-9/h10H,3-7H2,1-2H3. The van der Waals surface area contributed by atoms with E-state index in [2.05, 4.69) is 4.90 Å². The number of morpholine rings is 1. The lowest BCUT2D eigenvalue weighted by Gasteiger charge is -2.38. The van der Waals surface area contributed by atoms with E-state index in [0.29, 0.717) is 0 Å². The van der Waals surface area contributed by atoms with E-state index < -0.39 is 5.72 Å². The van der Waals surface area contributed by atoms with Gasteiger partial charge in [0.25, 0.3) is 0 Å². The van der Waals surface area contributed by atoms with Crippen LogP contribution in [0.4, 0.5) is 0 Å². The largest absolute Gasteiger partial charge is 0.379 e. The van der Waals surface area contributed by atoms with Gasteiger partial charge in [-0.15, -0.1) is 0 Å². The molecule has 1 heterocycles. The molecule has 0 aliphatic carbocycles. The Morgan fingerprint density at radius 1 is 1.45 bits per heavy atom. The monoisotopic (exact) mass is 159 g/mol. The van der Waals surface area contributed by atoms with Crippen molar-refractivity contribution in [1.82, 2.24) is 4.90 Å². The van der Waals surface area contributed by atoms with Gasteiger partial charge >= 0.3 is 0 Å². The van der Waals surface area contributed by atoms with Gasteiger partial charge in [-0.05, 0) is 13.3 Å². The van der Waals surface area contributed by atoms with E-state index in [9.17, 15) is 5.11 Å². The molecule has 0 radical (unpaired) electrons. The fourth-order valence-corrected chi connectivity index (χ4v) is 1.27. The van der Waals surface area contributed by atoms with E-state index in [1.165, 1.54) is 0 Å². The van der Waals surface area contributed by atoms with Crippen molar-refractivity contribution in [3.8, 4) is 0 Å². The number of aliphatic hydroxyl groups is 1. The van der Waals surface area contributed by atoms with Crippen molar-refractivity contribution in [2.45, 2.75) is 26.0 Å². The van der Waals surface area contributed by atoms with Crippen molar-refractivity contribution < 1.29 is 9.84 Å². The average molecular weight is 159 g/mol. The molecule has 1 rings (SSSR count). The maximum atomic E-state index is 9.82. The molecule has 0 spiro atoms. The smallest absolute Gasteiger partial charge is 0.115 e. The molecule has 1 aliphatic heterocycles. The second-order valence-electron chi connectivity index (χ2n) is 3.17. The summed E-state index contributed by atoms with van der Waals surface area (Å²) in [7, 11) is 0. The summed E-state index contributed by atoms with van der Waals surface area (Å²) in [5, 5.41) is 9.82. The molecule has 0 aromatic heterocycles. The molecule has 1 atom stereocenters. The van der Waals surface area contributed by atoms with Crippen LogP contribution in [-0.2, 0) is 4.74 Å². The Morgan fingerprint density at radius 3 is 2.45 bits per heavy atom. The topological polar surface area (TPSA) is 32.7 Å². The molecule has 0 aromatic rings. The first-order valence-corrected chi connectivity index (χ1v) is 4.22. The molecule has 66 valence electrons. The maximum Gasteiger partial charge on any atom is 0.115 e. The van der Waals surface area contributed by atoms with Gasteiger partial charge in [0.05, 0.1) is 13.2 Å². The molecule has 0 saturated carbocycles. The van der Waals surface area contributed by atoms with Crippen LogP contribution in [0, 0.1) is 0 Å². The molecule has 0 amide bonds. The second-order valence-corrected chi connectivity index (χ2v) is 3.17. The Balaban J connectivity index is 2.43. The zero-order valence-corrected chi connectivity index (χ0v) is 7.34. The Morgan fingerprint density at radius 2 is 2.00 bits per heavy atom. The molecule has 1 saturated heterocycles. The summed E-state index contributed by atoms with van der Waals surface area (Å²) < 4.78 is 5.19. The minimum Gasteiger partial charge on any atom is -0.379 e. The predicted molar refractivity (Wildman–Crippen MR) is 43.3 cm³/mol. The van der Waals surface area contributed by atoms with E-state index in [1.807, 2.05) is 13.8 Å². The first-order valence-electron chi connectivity index (χ1n) is 4.22.